The van der Waals surface area contributed by atoms with Crippen molar-refractivity contribution in [2.24, 2.45) is 5.92 Å². The molecule has 5 aromatic rings. The summed E-state index contributed by atoms with van der Waals surface area (Å²) in [5.41, 5.74) is 3.53. The number of hydrogen-bond donors (Lipinski definition) is 2. The van der Waals surface area contributed by atoms with E-state index >= 15 is 0 Å². The monoisotopic (exact) mass is 738 g/mol. The second kappa shape index (κ2) is 15.5. The Morgan fingerprint density at radius 3 is 2.39 bits per heavy atom. The van der Waals surface area contributed by atoms with Crippen LogP contribution < -0.4 is 29.2 Å². The minimum atomic E-state index is -0.742. The minimum absolute atomic E-state index is 0.0953. The van der Waals surface area contributed by atoms with Crippen molar-refractivity contribution in [3.63, 3.8) is 0 Å². The fourth-order valence-electron chi connectivity index (χ4n) is 7.50. The molecule has 1 unspecified atom stereocenters. The lowest BCUT2D eigenvalue weighted by molar-refractivity contribution is -0.385. The second-order valence-electron chi connectivity index (χ2n) is 13.4. The SMILES string of the molecule is COCCOc1cc([N+](=O)[O-])ccc1COC(=O)Nc1cc2c(c3ccccc13)C(CC1CCC1)CN2C(=O)c1cc2cc(OC)c(OC)c(OC)c2[nH]1. The summed E-state index contributed by atoms with van der Waals surface area (Å²) in [4.78, 5) is 43.9. The van der Waals surface area contributed by atoms with Crippen molar-refractivity contribution >= 4 is 50.7 Å². The number of nitro benzene ring substituents is 1. The van der Waals surface area contributed by atoms with Crippen molar-refractivity contribution in [1.82, 2.24) is 4.98 Å². The van der Waals surface area contributed by atoms with Gasteiger partial charge in [0.2, 0.25) is 5.75 Å². The molecule has 1 atom stereocenters. The van der Waals surface area contributed by atoms with E-state index in [1.165, 1.54) is 58.8 Å². The van der Waals surface area contributed by atoms with E-state index in [2.05, 4.69) is 10.3 Å². The predicted molar refractivity (Wildman–Crippen MR) is 203 cm³/mol. The molecule has 0 bridgehead atoms. The first kappa shape index (κ1) is 36.3. The van der Waals surface area contributed by atoms with Crippen LogP contribution in [0.5, 0.6) is 23.0 Å². The molecular weight excluding hydrogens is 696 g/mol. The number of ether oxygens (including phenoxy) is 6. The number of hydrogen-bond acceptors (Lipinski definition) is 10. The molecule has 1 aliphatic heterocycles. The van der Waals surface area contributed by atoms with E-state index < -0.39 is 11.0 Å². The Hall–Kier alpha value is -6.02. The van der Waals surface area contributed by atoms with Gasteiger partial charge in [0.25, 0.3) is 11.6 Å². The highest BCUT2D eigenvalue weighted by atomic mass is 16.6. The molecule has 1 aromatic heterocycles. The second-order valence-corrected chi connectivity index (χ2v) is 13.4. The predicted octanol–water partition coefficient (Wildman–Crippen LogP) is 7.96. The van der Waals surface area contributed by atoms with Gasteiger partial charge in [0, 0.05) is 42.0 Å². The summed E-state index contributed by atoms with van der Waals surface area (Å²) in [5.74, 6) is 1.99. The van der Waals surface area contributed by atoms with E-state index in [4.69, 9.17) is 28.4 Å². The number of carbonyl (C=O) groups excluding carboxylic acids is 2. The maximum absolute atomic E-state index is 14.5. The van der Waals surface area contributed by atoms with Crippen LogP contribution in [0.3, 0.4) is 0 Å². The molecule has 2 heterocycles. The molecule has 1 fully saturated rings. The van der Waals surface area contributed by atoms with Gasteiger partial charge in [-0.1, -0.05) is 43.5 Å². The summed E-state index contributed by atoms with van der Waals surface area (Å²) >= 11 is 0. The van der Waals surface area contributed by atoms with Crippen molar-refractivity contribution in [3.8, 4) is 23.0 Å². The third-order valence-electron chi connectivity index (χ3n) is 10.3. The fourth-order valence-corrected chi connectivity index (χ4v) is 7.50. The van der Waals surface area contributed by atoms with Crippen LogP contribution in [-0.4, -0.2) is 70.1 Å². The van der Waals surface area contributed by atoms with E-state index in [9.17, 15) is 19.7 Å². The van der Waals surface area contributed by atoms with Crippen molar-refractivity contribution in [3.05, 3.63) is 87.6 Å². The highest BCUT2D eigenvalue weighted by Crippen LogP contribution is 2.49. The number of rotatable bonds is 14. The van der Waals surface area contributed by atoms with Gasteiger partial charge in [-0.3, -0.25) is 20.2 Å². The lowest BCUT2D eigenvalue weighted by atomic mass is 9.77. The van der Waals surface area contributed by atoms with Gasteiger partial charge >= 0.3 is 6.09 Å². The minimum Gasteiger partial charge on any atom is -0.493 e. The first-order chi connectivity index (χ1) is 26.2. The number of anilines is 2. The van der Waals surface area contributed by atoms with Crippen LogP contribution in [0, 0.1) is 16.0 Å². The number of nitro groups is 1. The molecule has 14 heteroatoms. The topological polar surface area (TPSA) is 164 Å². The Bertz CT molecular complexity index is 2230. The van der Waals surface area contributed by atoms with E-state index in [1.54, 1.807) is 24.1 Å². The summed E-state index contributed by atoms with van der Waals surface area (Å²) in [5, 5.41) is 16.8. The molecule has 0 radical (unpaired) electrons. The Morgan fingerprint density at radius 2 is 1.70 bits per heavy atom. The number of H-pyrrole nitrogens is 1. The van der Waals surface area contributed by atoms with E-state index in [-0.39, 0.29) is 43.1 Å². The highest BCUT2D eigenvalue weighted by Gasteiger charge is 2.38. The molecule has 282 valence electrons. The molecule has 0 saturated heterocycles. The summed E-state index contributed by atoms with van der Waals surface area (Å²) in [7, 11) is 6.13. The zero-order chi connectivity index (χ0) is 37.9. The molecule has 1 saturated carbocycles. The van der Waals surface area contributed by atoms with Crippen LogP contribution in [-0.2, 0) is 16.1 Å². The van der Waals surface area contributed by atoms with Gasteiger partial charge in [-0.15, -0.1) is 0 Å². The summed E-state index contributed by atoms with van der Waals surface area (Å²) in [6.07, 6.45) is 3.76. The number of nitrogens with zero attached hydrogens (tertiary/aromatic N) is 2. The van der Waals surface area contributed by atoms with Crippen molar-refractivity contribution in [2.75, 3.05) is 58.4 Å². The number of benzene rings is 4. The number of aromatic nitrogens is 1. The van der Waals surface area contributed by atoms with E-state index in [1.807, 2.05) is 30.3 Å². The number of fused-ring (bicyclic) bond motifs is 4. The third-order valence-corrected chi connectivity index (χ3v) is 10.3. The number of aromatic amines is 1. The van der Waals surface area contributed by atoms with Gasteiger partial charge in [0.05, 0.1) is 55.8 Å². The lowest BCUT2D eigenvalue weighted by Gasteiger charge is -2.28. The quantitative estimate of drug-likeness (QED) is 0.0649. The fraction of sp³-hybridized carbons (Fsp3) is 0.350. The summed E-state index contributed by atoms with van der Waals surface area (Å²) in [6.45, 7) is 0.702. The number of non-ortho nitro benzene ring substituents is 1. The van der Waals surface area contributed by atoms with Crippen LogP contribution in [0.25, 0.3) is 21.7 Å². The molecular formula is C40H42N4O10. The van der Waals surface area contributed by atoms with Crippen LogP contribution in [0.2, 0.25) is 0 Å². The third kappa shape index (κ3) is 6.92. The lowest BCUT2D eigenvalue weighted by Crippen LogP contribution is -2.30. The van der Waals surface area contributed by atoms with Gasteiger partial charge < -0.3 is 38.3 Å². The zero-order valence-corrected chi connectivity index (χ0v) is 30.6. The Morgan fingerprint density at radius 1 is 0.926 bits per heavy atom. The molecule has 2 aliphatic rings. The standard InChI is InChI=1S/C40H42N4O10/c1-49-14-15-53-33-19-27(44(47)48)13-12-24(33)22-54-40(46)42-30-20-32-35(29-11-6-5-10-28(29)30)26(16-23-8-7-9-23)21-43(32)39(45)31-17-25-18-34(50-2)37(51-3)38(52-4)36(25)41-31/h5-6,10-13,17-20,23,26,41H,7-9,14-16,21-22H2,1-4H3,(H,42,46). The zero-order valence-electron chi connectivity index (χ0n) is 30.6. The number of carbonyl (C=O) groups is 2. The average Bonchev–Trinajstić information content (AvgIpc) is 3.76. The molecule has 1 aliphatic carbocycles. The Kier molecular flexibility index (Phi) is 10.4. The maximum atomic E-state index is 14.5. The Balaban J connectivity index is 1.22. The molecule has 0 spiro atoms. The first-order valence-electron chi connectivity index (χ1n) is 17.8. The number of methoxy groups -OCH3 is 4. The van der Waals surface area contributed by atoms with Gasteiger partial charge in [-0.25, -0.2) is 4.79 Å². The van der Waals surface area contributed by atoms with Crippen LogP contribution >= 0.6 is 0 Å². The van der Waals surface area contributed by atoms with Gasteiger partial charge in [0.1, 0.15) is 24.7 Å². The molecule has 2 amide bonds. The van der Waals surface area contributed by atoms with Crippen molar-refractivity contribution < 1.29 is 42.9 Å². The van der Waals surface area contributed by atoms with Gasteiger partial charge in [0.15, 0.2) is 11.5 Å². The first-order valence-corrected chi connectivity index (χ1v) is 17.8. The van der Waals surface area contributed by atoms with Crippen LogP contribution in [0.4, 0.5) is 21.9 Å². The largest absolute Gasteiger partial charge is 0.493 e. The van der Waals surface area contributed by atoms with Crippen molar-refractivity contribution in [1.29, 1.82) is 0 Å². The number of amides is 2. The summed E-state index contributed by atoms with van der Waals surface area (Å²) < 4.78 is 33.2. The highest BCUT2D eigenvalue weighted by molar-refractivity contribution is 6.13. The average molecular weight is 739 g/mol. The van der Waals surface area contributed by atoms with E-state index in [0.717, 1.165) is 28.1 Å². The smallest absolute Gasteiger partial charge is 0.411 e. The molecule has 2 N–H and O–H groups in total. The number of nitrogens with one attached hydrogen (secondary N) is 2. The molecule has 14 nitrogen and oxygen atoms in total. The van der Waals surface area contributed by atoms with Crippen LogP contribution in [0.15, 0.2) is 60.7 Å². The normalized spacial score (nSPS) is 15.1. The molecule has 7 rings (SSSR count). The van der Waals surface area contributed by atoms with E-state index in [0.29, 0.717) is 57.9 Å². The molecule has 54 heavy (non-hydrogen) atoms. The van der Waals surface area contributed by atoms with Gasteiger partial charge in [-0.05, 0) is 47.6 Å². The van der Waals surface area contributed by atoms with Gasteiger partial charge in [-0.2, -0.15) is 0 Å². The van der Waals surface area contributed by atoms with Crippen LogP contribution in [0.1, 0.15) is 53.2 Å². The molecule has 4 aromatic carbocycles. The van der Waals surface area contributed by atoms with Crippen molar-refractivity contribution in [2.45, 2.75) is 38.2 Å². The maximum Gasteiger partial charge on any atom is 0.411 e. The Labute approximate surface area is 311 Å². The summed E-state index contributed by atoms with van der Waals surface area (Å²) in [6, 6.07) is 17.4.